The van der Waals surface area contributed by atoms with E-state index in [9.17, 15) is 57.5 Å². The number of carbonyl (C=O) groups excluding carboxylic acids is 12. The Kier molecular flexibility index (Phi) is 42.9. The summed E-state index contributed by atoms with van der Waals surface area (Å²) in [5, 5.41) is 29.3. The average Bonchev–Trinajstić information content (AvgIpc) is 0.858. The molecule has 0 spiro atoms. The number of esters is 8. The van der Waals surface area contributed by atoms with Gasteiger partial charge in [-0.25, -0.2) is 28.8 Å². The first kappa shape index (κ1) is 109. The smallest absolute Gasteiger partial charge is 0.343 e. The molecule has 0 saturated carbocycles. The number of ether oxygens (including phenoxy) is 8. The molecule has 2 atom stereocenters. The van der Waals surface area contributed by atoms with E-state index in [0.29, 0.717) is 136 Å². The molecule has 12 N–H and O–H groups in total. The molecular weight excluding hydrogens is 1790 g/mol. The highest BCUT2D eigenvalue weighted by Gasteiger charge is 2.37. The van der Waals surface area contributed by atoms with Crippen LogP contribution in [0.4, 0.5) is 5.69 Å². The standard InChI is InChI=1S/C29H29N3O5.C27H31N3O5.2C26H29N3O5/c1-3-36-27(33)19-32(24-7-5-4-6-8-24)28(34)20(2)17-21-9-13-23(14-10-21)29(35)37-25-15-11-22(12-16-25)18-26(30)31;1-3-34-27(33)23-6-4-5-15-30(23)25(31)18(2)16-19-7-11-21(12-8-19)26(32)35-22-13-9-20(10-14-22)17-24(28)29;1-3-33-26(32)22-5-4-14-29(22)24(30)17(2)15-18-6-10-20(11-7-18)25(31)34-21-12-8-19(9-13-21)16-23(27)28;1-4-14-29(17-24(30)33-5-2)25(31)18(3)15-19-6-10-21(11-7-19)26(32)34-22-12-8-20(9-13-22)16-23(27)28/h4-17H,3,18-19H2,1-2H3,(H3,30,31);7-14,16,23H,3-6,15,17H2,1-2H3,(H3,28,29);6-13,15,22H,3-5,14,16H2,1-2H3,(H3,27,28);4,6-13,15H,1,5,14,16-17H2,2-3H3,(H3,27,28)/b20-17+;18-16+;17-15+;18-15+. The van der Waals surface area contributed by atoms with E-state index >= 15 is 0 Å². The van der Waals surface area contributed by atoms with E-state index in [1.807, 2.05) is 6.07 Å². The Morgan fingerprint density at radius 2 is 0.643 bits per heavy atom. The van der Waals surface area contributed by atoms with E-state index < -0.39 is 47.9 Å². The van der Waals surface area contributed by atoms with Crippen LogP contribution >= 0.6 is 0 Å². The number of benzene rings is 9. The Labute approximate surface area is 813 Å². The fourth-order valence-electron chi connectivity index (χ4n) is 14.4. The number of hydrogen-bond donors (Lipinski definition) is 8. The summed E-state index contributed by atoms with van der Waals surface area (Å²) in [5.41, 5.74) is 31.8. The molecule has 0 radical (unpaired) electrons. The lowest BCUT2D eigenvalue weighted by Crippen LogP contribution is -2.48. The van der Waals surface area contributed by atoms with Crippen LogP contribution in [0.15, 0.2) is 259 Å². The number of para-hydroxylation sites is 1. The van der Waals surface area contributed by atoms with E-state index in [1.165, 1.54) is 9.80 Å². The van der Waals surface area contributed by atoms with Crippen molar-refractivity contribution in [1.82, 2.24) is 14.7 Å². The summed E-state index contributed by atoms with van der Waals surface area (Å²) in [4.78, 5) is 156. The Hall–Kier alpha value is -16.8. The highest BCUT2D eigenvalue weighted by Crippen LogP contribution is 2.28. The highest BCUT2D eigenvalue weighted by molar-refractivity contribution is 6.10. The van der Waals surface area contributed by atoms with E-state index in [0.717, 1.165) is 52.6 Å². The van der Waals surface area contributed by atoms with Gasteiger partial charge in [0.2, 0.25) is 17.7 Å². The first-order valence-electron chi connectivity index (χ1n) is 45.3. The van der Waals surface area contributed by atoms with E-state index in [2.05, 4.69) is 6.58 Å². The third-order valence-corrected chi connectivity index (χ3v) is 21.1. The minimum absolute atomic E-state index is 0.0580. The van der Waals surface area contributed by atoms with Crippen molar-refractivity contribution in [2.45, 2.75) is 125 Å². The molecule has 2 unspecified atom stereocenters. The topological polar surface area (TPSA) is 491 Å². The van der Waals surface area contributed by atoms with Gasteiger partial charge in [0.15, 0.2) is 0 Å². The summed E-state index contributed by atoms with van der Waals surface area (Å²) < 4.78 is 41.8. The van der Waals surface area contributed by atoms with Gasteiger partial charge in [0.1, 0.15) is 48.2 Å². The second-order valence-electron chi connectivity index (χ2n) is 32.2. The second kappa shape index (κ2) is 55.3. The molecule has 11 rings (SSSR count). The van der Waals surface area contributed by atoms with Gasteiger partial charge in [-0.15, -0.1) is 6.58 Å². The molecule has 9 aromatic rings. The van der Waals surface area contributed by atoms with Crippen LogP contribution in [-0.4, -0.2) is 181 Å². The maximum atomic E-state index is 13.2. The molecule has 32 nitrogen and oxygen atoms in total. The number of piperidine rings is 1. The number of nitrogens with zero attached hydrogens (tertiary/aromatic N) is 4. The van der Waals surface area contributed by atoms with Crippen LogP contribution in [0.3, 0.4) is 0 Å². The zero-order valence-electron chi connectivity index (χ0n) is 79.6. The second-order valence-corrected chi connectivity index (χ2v) is 32.2. The summed E-state index contributed by atoms with van der Waals surface area (Å²) in [7, 11) is 0. The zero-order chi connectivity index (χ0) is 102. The quantitative estimate of drug-likeness (QED) is 0.00341. The first-order chi connectivity index (χ1) is 67.0. The summed E-state index contributed by atoms with van der Waals surface area (Å²) in [5.74, 6) is -3.00. The zero-order valence-corrected chi connectivity index (χ0v) is 79.6. The molecule has 2 fully saturated rings. The summed E-state index contributed by atoms with van der Waals surface area (Å²) in [6.45, 7) is 19.2. The lowest BCUT2D eigenvalue weighted by Gasteiger charge is -2.34. The minimum atomic E-state index is -0.548. The van der Waals surface area contributed by atoms with Crippen molar-refractivity contribution in [3.8, 4) is 23.0 Å². The molecule has 0 bridgehead atoms. The van der Waals surface area contributed by atoms with Gasteiger partial charge in [-0.3, -0.25) is 55.3 Å². The molecule has 730 valence electrons. The molecule has 2 aliphatic heterocycles. The molecule has 2 heterocycles. The van der Waals surface area contributed by atoms with Crippen LogP contribution in [0.2, 0.25) is 0 Å². The molecule has 4 amide bonds. The van der Waals surface area contributed by atoms with Crippen LogP contribution in [0, 0.1) is 21.6 Å². The Morgan fingerprint density at radius 3 is 0.943 bits per heavy atom. The van der Waals surface area contributed by atoms with Crippen molar-refractivity contribution in [3.63, 3.8) is 0 Å². The SMILES string of the molecule is C=CCN(CC(=O)OCC)C(=O)/C(C)=C/c1ccc(C(=O)Oc2ccc(CC(=N)N)cc2)cc1.CCOC(=O)C1CCCCN1C(=O)/C(C)=C/c1ccc(C(=O)Oc2ccc(CC(=N)N)cc2)cc1.CCOC(=O)C1CCCN1C(=O)/C(C)=C/c1ccc(C(=O)Oc2ccc(CC(=N)N)cc2)cc1.CCOC(=O)CN(C(=O)/C(C)=C/c1ccc(C(=O)Oc2ccc(CC(=N)N)cc2)cc1)c1ccccc1. The molecule has 0 aliphatic carbocycles. The number of rotatable bonds is 37. The van der Waals surface area contributed by atoms with Gasteiger partial charge in [0.05, 0.1) is 72.0 Å². The molecule has 2 aliphatic rings. The average molecular weight is 1900 g/mol. The van der Waals surface area contributed by atoms with E-state index in [1.54, 1.807) is 314 Å². The van der Waals surface area contributed by atoms with Gasteiger partial charge in [-0.2, -0.15) is 0 Å². The number of hydrogen-bond acceptors (Lipinski definition) is 24. The molecule has 32 heteroatoms. The summed E-state index contributed by atoms with van der Waals surface area (Å²) in [6, 6.07) is 61.8. The maximum absolute atomic E-state index is 13.2. The van der Waals surface area contributed by atoms with E-state index in [-0.39, 0.29) is 105 Å². The minimum Gasteiger partial charge on any atom is -0.465 e. The van der Waals surface area contributed by atoms with Crippen LogP contribution < -0.4 is 46.8 Å². The highest BCUT2D eigenvalue weighted by atomic mass is 16.6. The summed E-state index contributed by atoms with van der Waals surface area (Å²) in [6.07, 6.45) is 13.4. The molecule has 2 saturated heterocycles. The van der Waals surface area contributed by atoms with Gasteiger partial charge >= 0.3 is 47.8 Å². The number of anilines is 1. The van der Waals surface area contributed by atoms with E-state index in [4.69, 9.17) is 82.5 Å². The number of nitrogens with one attached hydrogen (secondary N) is 4. The predicted molar refractivity (Wildman–Crippen MR) is 535 cm³/mol. The van der Waals surface area contributed by atoms with Gasteiger partial charge in [-0.1, -0.05) is 121 Å². The largest absolute Gasteiger partial charge is 0.465 e. The normalized spacial score (nSPS) is 13.3. The molecule has 0 aromatic heterocycles. The first-order valence-corrected chi connectivity index (χ1v) is 45.3. The van der Waals surface area contributed by atoms with Crippen LogP contribution in [-0.2, 0) is 83.0 Å². The van der Waals surface area contributed by atoms with Gasteiger partial charge in [0.25, 0.3) is 5.91 Å². The van der Waals surface area contributed by atoms with Crippen molar-refractivity contribution in [3.05, 3.63) is 326 Å². The van der Waals surface area contributed by atoms with Gasteiger partial charge in [0, 0.05) is 73.3 Å². The third-order valence-electron chi connectivity index (χ3n) is 21.1. The lowest BCUT2D eigenvalue weighted by molar-refractivity contribution is -0.155. The van der Waals surface area contributed by atoms with Crippen molar-refractivity contribution in [1.29, 1.82) is 21.6 Å². The number of amides is 4. The lowest BCUT2D eigenvalue weighted by atomic mass is 10.0. The number of nitrogens with two attached hydrogens (primary N) is 4. The monoisotopic (exact) mass is 1900 g/mol. The van der Waals surface area contributed by atoms with Gasteiger partial charge in [-0.05, 0) is 266 Å². The Morgan fingerprint density at radius 1 is 0.357 bits per heavy atom. The Bertz CT molecular complexity index is 6020. The third kappa shape index (κ3) is 35.1. The van der Waals surface area contributed by atoms with Crippen molar-refractivity contribution < 1.29 is 95.4 Å². The Balaban J connectivity index is 0.000000229. The van der Waals surface area contributed by atoms with Crippen molar-refractivity contribution in [2.24, 2.45) is 22.9 Å². The maximum Gasteiger partial charge on any atom is 0.343 e. The fourth-order valence-corrected chi connectivity index (χ4v) is 14.4. The molecular formula is C108H118N12O20. The number of carbonyl (C=O) groups is 12. The molecule has 9 aromatic carbocycles. The predicted octanol–water partition coefficient (Wildman–Crippen LogP) is 14.8. The fraction of sp³-hybridized carbons (Fsp3) is 0.259. The molecule has 140 heavy (non-hydrogen) atoms. The van der Waals surface area contributed by atoms with Crippen LogP contribution in [0.1, 0.15) is 173 Å². The van der Waals surface area contributed by atoms with Crippen molar-refractivity contribution in [2.75, 3.05) is 64.1 Å². The van der Waals surface area contributed by atoms with Crippen LogP contribution in [0.25, 0.3) is 24.3 Å². The number of likely N-dealkylation sites (tertiary alicyclic amines) is 2. The number of amidine groups is 4. The van der Waals surface area contributed by atoms with Gasteiger partial charge < -0.3 is 75.5 Å². The summed E-state index contributed by atoms with van der Waals surface area (Å²) >= 11 is 0. The van der Waals surface area contributed by atoms with Crippen LogP contribution in [0.5, 0.6) is 23.0 Å². The van der Waals surface area contributed by atoms with Crippen molar-refractivity contribution >= 4 is 125 Å².